The van der Waals surface area contributed by atoms with Crippen molar-refractivity contribution in [1.29, 1.82) is 0 Å². The quantitative estimate of drug-likeness (QED) is 0.166. The van der Waals surface area contributed by atoms with Crippen LogP contribution in [0.15, 0.2) is 133 Å². The van der Waals surface area contributed by atoms with Crippen molar-refractivity contribution >= 4 is 32.9 Å². The molecular weight excluding hydrogens is 641 g/mol. The molecule has 2 fully saturated rings. The summed E-state index contributed by atoms with van der Waals surface area (Å²) in [6, 6.07) is 51.3. The number of anilines is 2. The smallest absolute Gasteiger partial charge is 0.0372 e. The van der Waals surface area contributed by atoms with Gasteiger partial charge in [-0.25, -0.2) is 0 Å². The Balaban J connectivity index is 1.26. The molecule has 0 bridgehead atoms. The van der Waals surface area contributed by atoms with Gasteiger partial charge in [-0.15, -0.1) is 0 Å². The third-order valence-electron chi connectivity index (χ3n) is 12.7. The molecule has 0 saturated carbocycles. The minimum absolute atomic E-state index is 0.0538. The third kappa shape index (κ3) is 5.37. The van der Waals surface area contributed by atoms with Gasteiger partial charge in [-0.1, -0.05) is 117 Å². The molecule has 0 spiro atoms. The molecule has 2 saturated heterocycles. The minimum Gasteiger partial charge on any atom is -0.372 e. The Morgan fingerprint density at radius 3 is 1.57 bits per heavy atom. The van der Waals surface area contributed by atoms with E-state index in [4.69, 9.17) is 0 Å². The van der Waals surface area contributed by atoms with Gasteiger partial charge in [0.05, 0.1) is 0 Å². The van der Waals surface area contributed by atoms with E-state index in [1.807, 2.05) is 0 Å². The number of rotatable bonds is 5. The van der Waals surface area contributed by atoms with Gasteiger partial charge in [0.1, 0.15) is 0 Å². The average Bonchev–Trinajstić information content (AvgIpc) is 3.45. The van der Waals surface area contributed by atoms with Crippen molar-refractivity contribution in [1.82, 2.24) is 0 Å². The highest BCUT2D eigenvalue weighted by Crippen LogP contribution is 2.52. The van der Waals surface area contributed by atoms with Gasteiger partial charge in [0.2, 0.25) is 0 Å². The Morgan fingerprint density at radius 2 is 0.906 bits per heavy atom. The maximum absolute atomic E-state index is 2.62. The second-order valence-electron chi connectivity index (χ2n) is 16.1. The molecule has 10 rings (SSSR count). The van der Waals surface area contributed by atoms with E-state index in [0.717, 1.165) is 26.2 Å². The summed E-state index contributed by atoms with van der Waals surface area (Å²) in [7, 11) is 0. The Bertz CT molecular complexity index is 2500. The Labute approximate surface area is 314 Å². The fraction of sp³-hybridized carbons (Fsp3) is 0.255. The highest BCUT2D eigenvalue weighted by molar-refractivity contribution is 6.23. The standard InChI is InChI=1S/C51H48N2/c1-51(2)47-21-11-10-19-40(47)41-25-22-36(32-48(41)51)39-18-8-9-20-42(39)50-44-27-24-37(52-28-12-4-13-29-52)33-45(44)49(35-16-6-3-7-17-35)43-26-23-38(34-46(43)50)53-30-14-5-15-31-53/h3,6-11,16-27,32-34H,4-5,12-15,28-31H2,1-2H3. The molecule has 262 valence electrons. The molecule has 2 heterocycles. The summed E-state index contributed by atoms with van der Waals surface area (Å²) < 4.78 is 0. The number of piperidine rings is 2. The summed E-state index contributed by atoms with van der Waals surface area (Å²) in [6.07, 6.45) is 7.71. The van der Waals surface area contributed by atoms with Crippen LogP contribution in [0.5, 0.6) is 0 Å². The van der Waals surface area contributed by atoms with Gasteiger partial charge in [0.15, 0.2) is 0 Å². The molecular formula is C51H48N2. The highest BCUT2D eigenvalue weighted by atomic mass is 15.1. The van der Waals surface area contributed by atoms with Crippen LogP contribution in [-0.2, 0) is 5.41 Å². The topological polar surface area (TPSA) is 6.48 Å². The molecule has 0 N–H and O–H groups in total. The van der Waals surface area contributed by atoms with Gasteiger partial charge in [0.25, 0.3) is 0 Å². The lowest BCUT2D eigenvalue weighted by molar-refractivity contribution is 0.578. The maximum atomic E-state index is 2.62. The number of hydrogen-bond donors (Lipinski definition) is 0. The second-order valence-corrected chi connectivity index (χ2v) is 16.1. The first-order valence-corrected chi connectivity index (χ1v) is 20.0. The fourth-order valence-electron chi connectivity index (χ4n) is 9.93. The fourth-order valence-corrected chi connectivity index (χ4v) is 9.93. The molecule has 2 nitrogen and oxygen atoms in total. The third-order valence-corrected chi connectivity index (χ3v) is 12.7. The predicted molar refractivity (Wildman–Crippen MR) is 227 cm³/mol. The van der Waals surface area contributed by atoms with E-state index in [9.17, 15) is 0 Å². The molecule has 3 aliphatic rings. The zero-order chi connectivity index (χ0) is 35.5. The van der Waals surface area contributed by atoms with Crippen LogP contribution in [0.25, 0.3) is 66.1 Å². The van der Waals surface area contributed by atoms with Crippen LogP contribution in [0.3, 0.4) is 0 Å². The van der Waals surface area contributed by atoms with Gasteiger partial charge in [-0.2, -0.15) is 0 Å². The van der Waals surface area contributed by atoms with Crippen molar-refractivity contribution in [2.75, 3.05) is 36.0 Å². The first kappa shape index (κ1) is 32.3. The van der Waals surface area contributed by atoms with Gasteiger partial charge >= 0.3 is 0 Å². The second kappa shape index (κ2) is 13.0. The van der Waals surface area contributed by atoms with Gasteiger partial charge in [0, 0.05) is 43.0 Å². The summed E-state index contributed by atoms with van der Waals surface area (Å²) in [6.45, 7) is 9.30. The predicted octanol–water partition coefficient (Wildman–Crippen LogP) is 13.3. The maximum Gasteiger partial charge on any atom is 0.0372 e. The van der Waals surface area contributed by atoms with Crippen molar-refractivity contribution < 1.29 is 0 Å². The summed E-state index contributed by atoms with van der Waals surface area (Å²) in [5.41, 5.74) is 16.1. The summed E-state index contributed by atoms with van der Waals surface area (Å²) >= 11 is 0. The van der Waals surface area contributed by atoms with E-state index in [-0.39, 0.29) is 5.41 Å². The van der Waals surface area contributed by atoms with E-state index >= 15 is 0 Å². The SMILES string of the molecule is CC1(C)c2ccccc2-c2ccc(-c3ccccc3-c3c4ccc(N5CCCCC5)cc4c(-c4ccccc4)c4ccc(N5CCCCC5)cc34)cc21. The molecule has 2 heteroatoms. The van der Waals surface area contributed by atoms with Crippen molar-refractivity contribution in [3.63, 3.8) is 0 Å². The number of hydrogen-bond acceptors (Lipinski definition) is 2. The van der Waals surface area contributed by atoms with E-state index in [2.05, 4.69) is 157 Å². The average molecular weight is 689 g/mol. The number of fused-ring (bicyclic) bond motifs is 5. The van der Waals surface area contributed by atoms with Gasteiger partial charge in [-0.05, 0) is 146 Å². The van der Waals surface area contributed by atoms with Crippen molar-refractivity contribution in [2.24, 2.45) is 0 Å². The normalized spacial score (nSPS) is 16.6. The summed E-state index contributed by atoms with van der Waals surface area (Å²) in [5, 5.41) is 5.34. The lowest BCUT2D eigenvalue weighted by atomic mass is 9.80. The molecule has 0 unspecified atom stereocenters. The Morgan fingerprint density at radius 1 is 0.377 bits per heavy atom. The first-order chi connectivity index (χ1) is 26.1. The Hall–Kier alpha value is -5.34. The van der Waals surface area contributed by atoms with Crippen LogP contribution >= 0.6 is 0 Å². The number of nitrogens with zero attached hydrogens (tertiary/aromatic N) is 2. The molecule has 0 atom stereocenters. The summed E-state index contributed by atoms with van der Waals surface area (Å²) in [4.78, 5) is 5.23. The number of benzene rings is 7. The van der Waals surface area contributed by atoms with Crippen molar-refractivity contribution in [3.8, 4) is 44.5 Å². The van der Waals surface area contributed by atoms with Crippen molar-refractivity contribution in [2.45, 2.75) is 57.8 Å². The van der Waals surface area contributed by atoms with Crippen molar-refractivity contribution in [3.05, 3.63) is 145 Å². The molecule has 7 aromatic carbocycles. The summed E-state index contributed by atoms with van der Waals surface area (Å²) in [5.74, 6) is 0. The van der Waals surface area contributed by atoms with Crippen LogP contribution in [-0.4, -0.2) is 26.2 Å². The lowest BCUT2D eigenvalue weighted by Crippen LogP contribution is -2.29. The molecule has 2 aliphatic heterocycles. The van der Waals surface area contributed by atoms with Gasteiger partial charge in [-0.3, -0.25) is 0 Å². The Kier molecular flexibility index (Phi) is 7.90. The molecule has 0 aromatic heterocycles. The molecule has 1 aliphatic carbocycles. The lowest BCUT2D eigenvalue weighted by Gasteiger charge is -2.30. The van der Waals surface area contributed by atoms with E-state index in [0.29, 0.717) is 0 Å². The van der Waals surface area contributed by atoms with E-state index < -0.39 is 0 Å². The first-order valence-electron chi connectivity index (χ1n) is 20.0. The zero-order valence-electron chi connectivity index (χ0n) is 31.2. The largest absolute Gasteiger partial charge is 0.372 e. The molecule has 53 heavy (non-hydrogen) atoms. The van der Waals surface area contributed by atoms with E-state index in [1.165, 1.54) is 127 Å². The van der Waals surface area contributed by atoms with E-state index in [1.54, 1.807) is 0 Å². The zero-order valence-corrected chi connectivity index (χ0v) is 31.2. The minimum atomic E-state index is -0.0538. The molecule has 0 radical (unpaired) electrons. The highest BCUT2D eigenvalue weighted by Gasteiger charge is 2.35. The van der Waals surface area contributed by atoms with Gasteiger partial charge < -0.3 is 9.80 Å². The van der Waals surface area contributed by atoms with Crippen LogP contribution in [0.4, 0.5) is 11.4 Å². The molecule has 0 amide bonds. The molecule has 7 aromatic rings. The van der Waals surface area contributed by atoms with Crippen LogP contribution in [0, 0.1) is 0 Å². The van der Waals surface area contributed by atoms with Crippen LogP contribution < -0.4 is 9.80 Å². The monoisotopic (exact) mass is 688 g/mol. The van der Waals surface area contributed by atoms with Crippen LogP contribution in [0.1, 0.15) is 63.5 Å². The van der Waals surface area contributed by atoms with Crippen LogP contribution in [0.2, 0.25) is 0 Å².